The molecule has 3 amide bonds. The van der Waals surface area contributed by atoms with E-state index in [9.17, 15) is 34.1 Å². The first-order valence-electron chi connectivity index (χ1n) is 13.5. The average Bonchev–Trinajstić information content (AvgIpc) is 3.13. The number of rotatable bonds is 6. The number of benzene rings is 2. The second-order valence-corrected chi connectivity index (χ2v) is 11.7. The highest BCUT2D eigenvalue weighted by molar-refractivity contribution is 6.59. The summed E-state index contributed by atoms with van der Waals surface area (Å²) >= 11 is 0. The zero-order chi connectivity index (χ0) is 30.0. The maximum absolute atomic E-state index is 14.8. The molecule has 0 saturated carbocycles. The largest absolute Gasteiger partial charge is 0.397 e. The van der Waals surface area contributed by atoms with Gasteiger partial charge in [-0.3, -0.25) is 29.5 Å². The Morgan fingerprint density at radius 3 is 2.37 bits per heavy atom. The fraction of sp³-hybridized carbons (Fsp3) is 0.400. The molecular weight excluding hydrogens is 531 g/mol. The molecule has 0 spiro atoms. The van der Waals surface area contributed by atoms with Crippen LogP contribution in [0.4, 0.5) is 10.1 Å². The van der Waals surface area contributed by atoms with Gasteiger partial charge in [-0.2, -0.15) is 0 Å². The summed E-state index contributed by atoms with van der Waals surface area (Å²) in [7, 11) is 5.18. The van der Waals surface area contributed by atoms with Crippen LogP contribution in [0.2, 0.25) is 5.21 Å². The van der Waals surface area contributed by atoms with Gasteiger partial charge in [0.15, 0.2) is 7.85 Å². The number of fused-ring (bicyclic) bond motifs is 1. The lowest BCUT2D eigenvalue weighted by molar-refractivity contribution is -0.274. The van der Waals surface area contributed by atoms with Crippen molar-refractivity contribution in [3.05, 3.63) is 64.5 Å². The predicted octanol–water partition coefficient (Wildman–Crippen LogP) is -4.49. The summed E-state index contributed by atoms with van der Waals surface area (Å²) in [5.74, 6) is -6.29. The van der Waals surface area contributed by atoms with Crippen molar-refractivity contribution in [2.24, 2.45) is 0 Å². The molecule has 5 N–H and O–H groups in total. The van der Waals surface area contributed by atoms with Gasteiger partial charge in [-0.15, -0.1) is 0 Å². The molecule has 2 unspecified atom stereocenters. The van der Waals surface area contributed by atoms with Gasteiger partial charge < -0.3 is 25.4 Å². The summed E-state index contributed by atoms with van der Waals surface area (Å²) in [5.41, 5.74) is -3.52. The first-order valence-corrected chi connectivity index (χ1v) is 13.5. The van der Waals surface area contributed by atoms with Crippen molar-refractivity contribution in [3.63, 3.8) is 0 Å². The number of carbonyl (C=O) groups excluding carboxylic acids is 3. The summed E-state index contributed by atoms with van der Waals surface area (Å²) < 4.78 is 20.2. The van der Waals surface area contributed by atoms with Gasteiger partial charge in [-0.1, -0.05) is 12.1 Å². The smallest absolute Gasteiger partial charge is 0.280 e. The highest BCUT2D eigenvalue weighted by Gasteiger charge is 2.71. The molecule has 2 aromatic rings. The SMILES string of the molecule is BC1(B)C(=O)NC(=O)C(B)(N2C(=O)c3cccc(NCc4cc(CN5CCOCC5)ccc4F)c3C2(O)O)C1(B)O. The second kappa shape index (κ2) is 9.99. The van der Waals surface area contributed by atoms with E-state index >= 15 is 0 Å². The van der Waals surface area contributed by atoms with Crippen molar-refractivity contribution in [1.29, 1.82) is 0 Å². The number of hydrogen-bond donors (Lipinski definition) is 5. The van der Waals surface area contributed by atoms with Crippen LogP contribution < -0.4 is 10.6 Å². The van der Waals surface area contributed by atoms with Crippen LogP contribution in [0.25, 0.3) is 0 Å². The molecule has 2 atom stereocenters. The molecular formula is C25H31B4FN4O7. The summed E-state index contributed by atoms with van der Waals surface area (Å²) in [6.45, 7) is 3.40. The molecule has 5 rings (SSSR count). The number of morpholine rings is 1. The number of imide groups is 1. The predicted molar refractivity (Wildman–Crippen MR) is 156 cm³/mol. The number of amides is 3. The number of piperidine rings is 1. The van der Waals surface area contributed by atoms with E-state index in [1.807, 2.05) is 0 Å². The summed E-state index contributed by atoms with van der Waals surface area (Å²) in [6.07, 6.45) is 0. The summed E-state index contributed by atoms with van der Waals surface area (Å²) in [5, 5.41) is 38.1. The number of nitrogens with zero attached hydrogens (tertiary/aromatic N) is 2. The van der Waals surface area contributed by atoms with Gasteiger partial charge >= 0.3 is 0 Å². The molecule has 2 fully saturated rings. The quantitative estimate of drug-likeness (QED) is 0.134. The summed E-state index contributed by atoms with van der Waals surface area (Å²) in [4.78, 5) is 42.2. The number of ether oxygens (including phenoxy) is 1. The third-order valence-corrected chi connectivity index (χ3v) is 9.08. The van der Waals surface area contributed by atoms with Crippen molar-refractivity contribution < 1.29 is 38.8 Å². The third kappa shape index (κ3) is 4.40. The van der Waals surface area contributed by atoms with Gasteiger partial charge in [-0.25, -0.2) is 4.39 Å². The van der Waals surface area contributed by atoms with Crippen molar-refractivity contribution in [2.45, 2.75) is 35.2 Å². The molecule has 3 heterocycles. The zero-order valence-electron chi connectivity index (χ0n) is 23.5. The minimum Gasteiger partial charge on any atom is -0.397 e. The van der Waals surface area contributed by atoms with E-state index in [0.29, 0.717) is 30.2 Å². The van der Waals surface area contributed by atoms with E-state index < -0.39 is 45.6 Å². The Labute approximate surface area is 240 Å². The molecule has 0 aliphatic carbocycles. The van der Waals surface area contributed by atoms with E-state index in [4.69, 9.17) is 4.74 Å². The Balaban J connectivity index is 1.46. The minimum atomic E-state index is -3.07. The molecule has 3 aliphatic heterocycles. The molecule has 0 radical (unpaired) electrons. The highest BCUT2D eigenvalue weighted by Crippen LogP contribution is 2.50. The van der Waals surface area contributed by atoms with Crippen LogP contribution in [0, 0.1) is 5.82 Å². The van der Waals surface area contributed by atoms with Crippen LogP contribution in [0.1, 0.15) is 27.0 Å². The van der Waals surface area contributed by atoms with Crippen LogP contribution in [-0.2, 0) is 33.3 Å². The number of anilines is 1. The lowest BCUT2D eigenvalue weighted by Gasteiger charge is -2.58. The van der Waals surface area contributed by atoms with Gasteiger partial charge in [0.2, 0.25) is 11.8 Å². The number of aliphatic hydroxyl groups is 3. The van der Waals surface area contributed by atoms with E-state index in [0.717, 1.165) is 18.7 Å². The molecule has 0 bridgehead atoms. The van der Waals surface area contributed by atoms with Crippen molar-refractivity contribution >= 4 is 54.8 Å². The Kier molecular flexibility index (Phi) is 7.14. The molecule has 2 aromatic carbocycles. The average molecular weight is 562 g/mol. The number of nitrogens with one attached hydrogen (secondary N) is 2. The van der Waals surface area contributed by atoms with Crippen LogP contribution in [0.5, 0.6) is 0 Å². The molecule has 11 nitrogen and oxygen atoms in total. The molecule has 2 saturated heterocycles. The maximum atomic E-state index is 14.8. The van der Waals surface area contributed by atoms with E-state index in [1.54, 1.807) is 12.1 Å². The molecule has 16 heteroatoms. The van der Waals surface area contributed by atoms with Crippen molar-refractivity contribution in [2.75, 3.05) is 31.6 Å². The summed E-state index contributed by atoms with van der Waals surface area (Å²) in [6, 6.07) is 9.20. The highest BCUT2D eigenvalue weighted by atomic mass is 19.1. The fourth-order valence-electron chi connectivity index (χ4n) is 5.95. The van der Waals surface area contributed by atoms with E-state index in [-0.39, 0.29) is 23.4 Å². The first-order chi connectivity index (χ1) is 19.1. The Morgan fingerprint density at radius 2 is 1.68 bits per heavy atom. The second-order valence-electron chi connectivity index (χ2n) is 11.7. The van der Waals surface area contributed by atoms with Crippen LogP contribution in [0.3, 0.4) is 0 Å². The van der Waals surface area contributed by atoms with Gasteiger partial charge in [-0.05, 0) is 29.8 Å². The van der Waals surface area contributed by atoms with Crippen LogP contribution >= 0.6 is 0 Å². The van der Waals surface area contributed by atoms with Gasteiger partial charge in [0.1, 0.15) is 34.8 Å². The maximum Gasteiger partial charge on any atom is 0.280 e. The van der Waals surface area contributed by atoms with Crippen LogP contribution in [-0.4, -0.2) is 111 Å². The molecule has 3 aliphatic rings. The minimum absolute atomic E-state index is 0.0412. The Morgan fingerprint density at radius 1 is 1.00 bits per heavy atom. The Bertz CT molecular complexity index is 1440. The molecule has 41 heavy (non-hydrogen) atoms. The normalized spacial score (nSPS) is 27.4. The first kappa shape index (κ1) is 29.3. The number of halogens is 1. The van der Waals surface area contributed by atoms with Gasteiger partial charge in [0.25, 0.3) is 11.8 Å². The van der Waals surface area contributed by atoms with E-state index in [1.165, 1.54) is 55.7 Å². The number of hydrogen-bond acceptors (Lipinski definition) is 9. The monoisotopic (exact) mass is 562 g/mol. The lowest BCUT2D eigenvalue weighted by atomic mass is 9.32. The van der Waals surface area contributed by atoms with Crippen molar-refractivity contribution in [3.8, 4) is 0 Å². The van der Waals surface area contributed by atoms with Crippen LogP contribution in [0.15, 0.2) is 36.4 Å². The zero-order valence-corrected chi connectivity index (χ0v) is 23.5. The topological polar surface area (TPSA) is 152 Å². The lowest BCUT2D eigenvalue weighted by Crippen LogP contribution is -2.83. The van der Waals surface area contributed by atoms with Crippen molar-refractivity contribution in [1.82, 2.24) is 15.1 Å². The fourth-order valence-corrected chi connectivity index (χ4v) is 5.95. The number of carbonyl (C=O) groups is 3. The Hall–Kier alpha value is -3.16. The molecule has 0 aromatic heterocycles. The standard InChI is InChI=1S/C25H31B4FN4O7/c26-22(27)20(36)32-21(37)23(28,25(22,29)40)34-19(35)15-2-1-3-17(18(15)24(34,38)39)31-11-14-10-13(4-5-16(14)30)12-33-6-8-41-9-7-33/h1-5,10,31,38-40H,6-9,11-12,26-29H2,(H,32,36,37). The van der Waals surface area contributed by atoms with E-state index in [2.05, 4.69) is 15.5 Å². The van der Waals surface area contributed by atoms with Gasteiger partial charge in [0, 0.05) is 42.6 Å². The van der Waals surface area contributed by atoms with Gasteiger partial charge in [0.05, 0.1) is 29.8 Å². The third-order valence-electron chi connectivity index (χ3n) is 9.08. The molecule has 212 valence electrons.